The Bertz CT molecular complexity index is 386. The van der Waals surface area contributed by atoms with E-state index < -0.39 is 0 Å². The van der Waals surface area contributed by atoms with Crippen molar-refractivity contribution in [2.75, 3.05) is 19.6 Å². The van der Waals surface area contributed by atoms with Crippen molar-refractivity contribution in [2.45, 2.75) is 31.9 Å². The second-order valence-electron chi connectivity index (χ2n) is 4.94. The summed E-state index contributed by atoms with van der Waals surface area (Å²) in [7, 11) is 0. The van der Waals surface area contributed by atoms with E-state index in [1.54, 1.807) is 0 Å². The van der Waals surface area contributed by atoms with Gasteiger partial charge in [0.25, 0.3) is 0 Å². The van der Waals surface area contributed by atoms with Crippen LogP contribution in [0, 0.1) is 0 Å². The van der Waals surface area contributed by atoms with Crippen LogP contribution in [-0.4, -0.2) is 25.7 Å². The van der Waals surface area contributed by atoms with Crippen LogP contribution in [0.5, 0.6) is 5.75 Å². The fourth-order valence-electron chi connectivity index (χ4n) is 2.64. The Morgan fingerprint density at radius 1 is 1.12 bits per heavy atom. The predicted octanol–water partition coefficient (Wildman–Crippen LogP) is 1.46. The topological polar surface area (TPSA) is 33.3 Å². The lowest BCUT2D eigenvalue weighted by Crippen LogP contribution is -2.37. The molecule has 2 N–H and O–H groups in total. The van der Waals surface area contributed by atoms with Crippen LogP contribution < -0.4 is 15.4 Å². The molecule has 0 bridgehead atoms. The van der Waals surface area contributed by atoms with Crippen LogP contribution in [0.3, 0.4) is 0 Å². The van der Waals surface area contributed by atoms with Crippen molar-refractivity contribution in [3.63, 3.8) is 0 Å². The van der Waals surface area contributed by atoms with Crippen molar-refractivity contribution in [1.29, 1.82) is 0 Å². The first-order chi connectivity index (χ1) is 8.42. The molecule has 0 aromatic heterocycles. The van der Waals surface area contributed by atoms with E-state index in [0.29, 0.717) is 6.10 Å². The third-order valence-electron chi connectivity index (χ3n) is 3.62. The van der Waals surface area contributed by atoms with Crippen molar-refractivity contribution in [3.8, 4) is 5.75 Å². The Labute approximate surface area is 103 Å². The van der Waals surface area contributed by atoms with Crippen molar-refractivity contribution in [3.05, 3.63) is 29.3 Å². The van der Waals surface area contributed by atoms with Gasteiger partial charge in [0.2, 0.25) is 0 Å². The molecule has 3 rings (SSSR count). The number of benzene rings is 1. The number of piperidine rings is 1. The Morgan fingerprint density at radius 3 is 3.00 bits per heavy atom. The lowest BCUT2D eigenvalue weighted by atomic mass is 10.0. The molecular formula is C14H20N2O. The summed E-state index contributed by atoms with van der Waals surface area (Å²) in [6.45, 7) is 4.20. The average molecular weight is 232 g/mol. The normalized spacial score (nSPS) is 24.1. The summed E-state index contributed by atoms with van der Waals surface area (Å²) in [5, 5.41) is 6.77. The maximum absolute atomic E-state index is 6.04. The molecule has 3 nitrogen and oxygen atoms in total. The molecule has 1 saturated heterocycles. The SMILES string of the molecule is c1cc2c(cc1OC1CCCNC1)CCNC2. The molecule has 0 spiro atoms. The van der Waals surface area contributed by atoms with Crippen molar-refractivity contribution < 1.29 is 4.74 Å². The first-order valence-corrected chi connectivity index (χ1v) is 6.62. The third kappa shape index (κ3) is 2.61. The van der Waals surface area contributed by atoms with Gasteiger partial charge in [-0.3, -0.25) is 0 Å². The number of hydrogen-bond acceptors (Lipinski definition) is 3. The second kappa shape index (κ2) is 5.07. The summed E-state index contributed by atoms with van der Waals surface area (Å²) in [5.41, 5.74) is 2.87. The van der Waals surface area contributed by atoms with Gasteiger partial charge >= 0.3 is 0 Å². The molecule has 1 aromatic carbocycles. The minimum atomic E-state index is 0.350. The molecule has 17 heavy (non-hydrogen) atoms. The monoisotopic (exact) mass is 232 g/mol. The lowest BCUT2D eigenvalue weighted by Gasteiger charge is -2.25. The number of ether oxygens (including phenoxy) is 1. The van der Waals surface area contributed by atoms with Gasteiger partial charge in [0.1, 0.15) is 11.9 Å². The molecule has 1 fully saturated rings. The Balaban J connectivity index is 1.70. The highest BCUT2D eigenvalue weighted by atomic mass is 16.5. The molecule has 2 heterocycles. The fraction of sp³-hybridized carbons (Fsp3) is 0.571. The maximum atomic E-state index is 6.04. The highest BCUT2D eigenvalue weighted by molar-refractivity contribution is 5.37. The fourth-order valence-corrected chi connectivity index (χ4v) is 2.64. The number of nitrogens with one attached hydrogen (secondary N) is 2. The van der Waals surface area contributed by atoms with Crippen molar-refractivity contribution in [2.24, 2.45) is 0 Å². The van der Waals surface area contributed by atoms with Gasteiger partial charge < -0.3 is 15.4 Å². The molecular weight excluding hydrogens is 212 g/mol. The van der Waals surface area contributed by atoms with Gasteiger partial charge in [0, 0.05) is 13.1 Å². The van der Waals surface area contributed by atoms with E-state index in [9.17, 15) is 0 Å². The van der Waals surface area contributed by atoms with E-state index in [4.69, 9.17) is 4.74 Å². The van der Waals surface area contributed by atoms with E-state index in [2.05, 4.69) is 28.8 Å². The first kappa shape index (κ1) is 11.1. The molecule has 1 atom stereocenters. The molecule has 3 heteroatoms. The van der Waals surface area contributed by atoms with Crippen molar-refractivity contribution >= 4 is 0 Å². The molecule has 92 valence electrons. The zero-order valence-electron chi connectivity index (χ0n) is 10.2. The smallest absolute Gasteiger partial charge is 0.120 e. The van der Waals surface area contributed by atoms with Crippen LogP contribution in [0.1, 0.15) is 24.0 Å². The molecule has 1 aromatic rings. The Morgan fingerprint density at radius 2 is 2.12 bits per heavy atom. The second-order valence-corrected chi connectivity index (χ2v) is 4.94. The van der Waals surface area contributed by atoms with Crippen LogP contribution in [0.2, 0.25) is 0 Å². The van der Waals surface area contributed by atoms with Crippen LogP contribution >= 0.6 is 0 Å². The standard InChI is InChI=1S/C14H20N2O/c1-2-14(10-15-6-1)17-13-4-3-12-9-16-7-5-11(12)8-13/h3-4,8,14-16H,1-2,5-7,9-10H2. The molecule has 1 unspecified atom stereocenters. The highest BCUT2D eigenvalue weighted by Crippen LogP contribution is 2.22. The zero-order chi connectivity index (χ0) is 11.5. The summed E-state index contributed by atoms with van der Waals surface area (Å²) < 4.78 is 6.04. The summed E-state index contributed by atoms with van der Waals surface area (Å²) in [4.78, 5) is 0. The minimum absolute atomic E-state index is 0.350. The summed E-state index contributed by atoms with van der Waals surface area (Å²) in [6.07, 6.45) is 3.86. The van der Waals surface area contributed by atoms with Crippen LogP contribution in [0.4, 0.5) is 0 Å². The largest absolute Gasteiger partial charge is 0.489 e. The van der Waals surface area contributed by atoms with Crippen LogP contribution in [0.15, 0.2) is 18.2 Å². The summed E-state index contributed by atoms with van der Waals surface area (Å²) >= 11 is 0. The van der Waals surface area contributed by atoms with Crippen LogP contribution in [0.25, 0.3) is 0 Å². The van der Waals surface area contributed by atoms with Crippen molar-refractivity contribution in [1.82, 2.24) is 10.6 Å². The quantitative estimate of drug-likeness (QED) is 0.810. The summed E-state index contributed by atoms with van der Waals surface area (Å²) in [6, 6.07) is 6.54. The molecule has 2 aliphatic rings. The molecule has 2 aliphatic heterocycles. The average Bonchev–Trinajstić information content (AvgIpc) is 2.40. The van der Waals surface area contributed by atoms with Gasteiger partial charge in [-0.25, -0.2) is 0 Å². The van der Waals surface area contributed by atoms with Crippen LogP contribution in [-0.2, 0) is 13.0 Å². The van der Waals surface area contributed by atoms with Gasteiger partial charge in [0.05, 0.1) is 0 Å². The van der Waals surface area contributed by atoms with E-state index in [0.717, 1.165) is 38.3 Å². The molecule has 0 radical (unpaired) electrons. The highest BCUT2D eigenvalue weighted by Gasteiger charge is 2.15. The summed E-state index contributed by atoms with van der Waals surface area (Å²) in [5.74, 6) is 1.04. The minimum Gasteiger partial charge on any atom is -0.489 e. The van der Waals surface area contributed by atoms with E-state index >= 15 is 0 Å². The first-order valence-electron chi connectivity index (χ1n) is 6.62. The number of hydrogen-bond donors (Lipinski definition) is 2. The maximum Gasteiger partial charge on any atom is 0.120 e. The number of rotatable bonds is 2. The van der Waals surface area contributed by atoms with Gasteiger partial charge in [-0.05, 0) is 55.6 Å². The van der Waals surface area contributed by atoms with E-state index in [-0.39, 0.29) is 0 Å². The van der Waals surface area contributed by atoms with Gasteiger partial charge in [-0.2, -0.15) is 0 Å². The van der Waals surface area contributed by atoms with Gasteiger partial charge in [-0.15, -0.1) is 0 Å². The predicted molar refractivity (Wildman–Crippen MR) is 68.4 cm³/mol. The Hall–Kier alpha value is -1.06. The van der Waals surface area contributed by atoms with E-state index in [1.807, 2.05) is 0 Å². The number of fused-ring (bicyclic) bond motifs is 1. The van der Waals surface area contributed by atoms with Gasteiger partial charge in [0.15, 0.2) is 0 Å². The molecule has 0 saturated carbocycles. The van der Waals surface area contributed by atoms with Gasteiger partial charge in [-0.1, -0.05) is 6.07 Å². The van der Waals surface area contributed by atoms with E-state index in [1.165, 1.54) is 24.0 Å². The Kier molecular flexibility index (Phi) is 3.29. The molecule has 0 aliphatic carbocycles. The molecule has 0 amide bonds. The lowest BCUT2D eigenvalue weighted by molar-refractivity contribution is 0.167. The zero-order valence-corrected chi connectivity index (χ0v) is 10.2. The third-order valence-corrected chi connectivity index (χ3v) is 3.62.